The summed E-state index contributed by atoms with van der Waals surface area (Å²) in [6.45, 7) is 5.75. The van der Waals surface area contributed by atoms with Crippen molar-refractivity contribution in [3.05, 3.63) is 88.2 Å². The van der Waals surface area contributed by atoms with Gasteiger partial charge in [0.25, 0.3) is 5.91 Å². The third kappa shape index (κ3) is 4.57. The van der Waals surface area contributed by atoms with Gasteiger partial charge in [0, 0.05) is 22.8 Å². The van der Waals surface area contributed by atoms with Gasteiger partial charge in [-0.2, -0.15) is 5.26 Å². The van der Waals surface area contributed by atoms with Gasteiger partial charge in [-0.1, -0.05) is 18.2 Å². The van der Waals surface area contributed by atoms with Crippen molar-refractivity contribution in [3.63, 3.8) is 0 Å². The molecule has 0 saturated heterocycles. The van der Waals surface area contributed by atoms with E-state index in [-0.39, 0.29) is 5.57 Å². The number of carbonyl (C=O) groups is 2. The smallest absolute Gasteiger partial charge is 0.337 e. The molecule has 3 aromatic rings. The van der Waals surface area contributed by atoms with Crippen LogP contribution in [-0.4, -0.2) is 23.6 Å². The number of aromatic nitrogens is 1. The summed E-state index contributed by atoms with van der Waals surface area (Å²) in [5, 5.41) is 12.4. The number of nitrogens with one attached hydrogen (secondary N) is 1. The molecular weight excluding hydrogens is 390 g/mol. The number of carbonyl (C=O) groups excluding carboxylic acids is 2. The third-order valence-corrected chi connectivity index (χ3v) is 5.08. The van der Waals surface area contributed by atoms with Gasteiger partial charge in [-0.05, 0) is 74.4 Å². The maximum atomic E-state index is 12.7. The Morgan fingerprint density at radius 1 is 1.06 bits per heavy atom. The quantitative estimate of drug-likeness (QED) is 0.372. The zero-order valence-corrected chi connectivity index (χ0v) is 17.9. The van der Waals surface area contributed by atoms with Crippen molar-refractivity contribution in [2.24, 2.45) is 0 Å². The first-order valence-electron chi connectivity index (χ1n) is 9.72. The molecule has 6 heteroatoms. The van der Waals surface area contributed by atoms with E-state index in [0.29, 0.717) is 11.3 Å². The molecule has 156 valence electrons. The number of hydrogen-bond donors (Lipinski definition) is 1. The molecule has 0 aliphatic rings. The van der Waals surface area contributed by atoms with Crippen LogP contribution >= 0.6 is 0 Å². The first kappa shape index (κ1) is 21.6. The SMILES string of the molecule is COC(=O)c1ccc(-n2c(C)cc(/C=C(\C#N)C(=O)Nc3ccccc3C)c2C)cc1. The van der Waals surface area contributed by atoms with E-state index >= 15 is 0 Å². The standard InChI is InChI=1S/C25H23N3O3/c1-16-7-5-6-8-23(16)27-24(29)21(15-26)14-20-13-17(2)28(18(20)3)22-11-9-19(10-12-22)25(30)31-4/h5-14H,1-4H3,(H,27,29)/b21-14+. The second-order valence-electron chi connectivity index (χ2n) is 7.14. The fourth-order valence-corrected chi connectivity index (χ4v) is 3.40. The number of methoxy groups -OCH3 is 1. The number of anilines is 1. The summed E-state index contributed by atoms with van der Waals surface area (Å²) in [6.07, 6.45) is 1.59. The van der Waals surface area contributed by atoms with Gasteiger partial charge in [-0.25, -0.2) is 4.79 Å². The number of ether oxygens (including phenoxy) is 1. The number of nitriles is 1. The molecule has 31 heavy (non-hydrogen) atoms. The average molecular weight is 413 g/mol. The summed E-state index contributed by atoms with van der Waals surface area (Å²) >= 11 is 0. The van der Waals surface area contributed by atoms with Gasteiger partial charge in [0.1, 0.15) is 11.6 Å². The monoisotopic (exact) mass is 413 g/mol. The lowest BCUT2D eigenvalue weighted by atomic mass is 10.1. The number of para-hydroxylation sites is 1. The van der Waals surface area contributed by atoms with E-state index in [1.54, 1.807) is 24.3 Å². The molecule has 6 nitrogen and oxygen atoms in total. The normalized spacial score (nSPS) is 11.0. The highest BCUT2D eigenvalue weighted by atomic mass is 16.5. The third-order valence-electron chi connectivity index (χ3n) is 5.08. The number of benzene rings is 2. The van der Waals surface area contributed by atoms with Crippen LogP contribution < -0.4 is 5.32 Å². The number of esters is 1. The summed E-state index contributed by atoms with van der Waals surface area (Å²) in [7, 11) is 1.34. The maximum Gasteiger partial charge on any atom is 0.337 e. The minimum absolute atomic E-state index is 0.0181. The van der Waals surface area contributed by atoms with Gasteiger partial charge in [0.2, 0.25) is 0 Å². The topological polar surface area (TPSA) is 84.1 Å². The number of nitrogens with zero attached hydrogens (tertiary/aromatic N) is 2. The van der Waals surface area contributed by atoms with Crippen molar-refractivity contribution in [2.45, 2.75) is 20.8 Å². The van der Waals surface area contributed by atoms with E-state index in [9.17, 15) is 14.9 Å². The molecule has 0 spiro atoms. The molecule has 0 bridgehead atoms. The van der Waals surface area contributed by atoms with E-state index in [0.717, 1.165) is 28.2 Å². The Morgan fingerprint density at radius 3 is 2.35 bits per heavy atom. The van der Waals surface area contributed by atoms with Crippen LogP contribution in [0.5, 0.6) is 0 Å². The van der Waals surface area contributed by atoms with E-state index in [2.05, 4.69) is 5.32 Å². The summed E-state index contributed by atoms with van der Waals surface area (Å²) in [5.41, 5.74) is 5.52. The number of hydrogen-bond acceptors (Lipinski definition) is 4. The van der Waals surface area contributed by atoms with Crippen LogP contribution in [0.2, 0.25) is 0 Å². The van der Waals surface area contributed by atoms with Crippen LogP contribution in [0.4, 0.5) is 5.69 Å². The lowest BCUT2D eigenvalue weighted by molar-refractivity contribution is -0.112. The summed E-state index contributed by atoms with van der Waals surface area (Å²) < 4.78 is 6.74. The molecular formula is C25H23N3O3. The molecule has 0 atom stereocenters. The van der Waals surface area contributed by atoms with Gasteiger partial charge >= 0.3 is 5.97 Å². The van der Waals surface area contributed by atoms with Gasteiger partial charge in [0.15, 0.2) is 0 Å². The second kappa shape index (κ2) is 9.14. The van der Waals surface area contributed by atoms with Crippen molar-refractivity contribution < 1.29 is 14.3 Å². The fraction of sp³-hybridized carbons (Fsp3) is 0.160. The molecule has 2 aromatic carbocycles. The van der Waals surface area contributed by atoms with Crippen LogP contribution in [0, 0.1) is 32.1 Å². The molecule has 0 unspecified atom stereocenters. The van der Waals surface area contributed by atoms with Crippen molar-refractivity contribution in [2.75, 3.05) is 12.4 Å². The Hall–Kier alpha value is -4.11. The predicted molar refractivity (Wildman–Crippen MR) is 120 cm³/mol. The molecule has 1 aromatic heterocycles. The van der Waals surface area contributed by atoms with Gasteiger partial charge in [-0.15, -0.1) is 0 Å². The van der Waals surface area contributed by atoms with Gasteiger partial charge < -0.3 is 14.6 Å². The molecule has 3 rings (SSSR count). The Kier molecular flexibility index (Phi) is 6.37. The predicted octanol–water partition coefficient (Wildman–Crippen LogP) is 4.73. The number of aryl methyl sites for hydroxylation is 2. The Labute approximate surface area is 181 Å². The van der Waals surface area contributed by atoms with Crippen molar-refractivity contribution >= 4 is 23.6 Å². The van der Waals surface area contributed by atoms with Crippen molar-refractivity contribution in [1.29, 1.82) is 5.26 Å². The first-order valence-corrected chi connectivity index (χ1v) is 9.72. The van der Waals surface area contributed by atoms with Crippen LogP contribution in [0.3, 0.4) is 0 Å². The lowest BCUT2D eigenvalue weighted by Gasteiger charge is -2.10. The van der Waals surface area contributed by atoms with Crippen LogP contribution in [-0.2, 0) is 9.53 Å². The molecule has 0 aliphatic heterocycles. The fourth-order valence-electron chi connectivity index (χ4n) is 3.40. The van der Waals surface area contributed by atoms with Gasteiger partial charge in [0.05, 0.1) is 12.7 Å². The second-order valence-corrected chi connectivity index (χ2v) is 7.14. The molecule has 0 radical (unpaired) electrons. The maximum absolute atomic E-state index is 12.7. The molecule has 1 N–H and O–H groups in total. The molecule has 1 heterocycles. The molecule has 0 aliphatic carbocycles. The summed E-state index contributed by atoms with van der Waals surface area (Å²) in [6, 6.07) is 18.4. The molecule has 0 fully saturated rings. The summed E-state index contributed by atoms with van der Waals surface area (Å²) in [4.78, 5) is 24.3. The van der Waals surface area contributed by atoms with E-state index in [1.807, 2.05) is 67.8 Å². The molecule has 0 saturated carbocycles. The zero-order valence-electron chi connectivity index (χ0n) is 17.9. The number of amides is 1. The lowest BCUT2D eigenvalue weighted by Crippen LogP contribution is -2.14. The van der Waals surface area contributed by atoms with Crippen molar-refractivity contribution in [1.82, 2.24) is 4.57 Å². The minimum atomic E-state index is -0.455. The van der Waals surface area contributed by atoms with Crippen molar-refractivity contribution in [3.8, 4) is 11.8 Å². The first-order chi connectivity index (χ1) is 14.8. The Balaban J connectivity index is 1.92. The van der Waals surface area contributed by atoms with Crippen LogP contribution in [0.1, 0.15) is 32.9 Å². The highest BCUT2D eigenvalue weighted by molar-refractivity contribution is 6.10. The summed E-state index contributed by atoms with van der Waals surface area (Å²) in [5.74, 6) is -0.849. The van der Waals surface area contributed by atoms with Crippen LogP contribution in [0.25, 0.3) is 11.8 Å². The Morgan fingerprint density at radius 2 is 1.74 bits per heavy atom. The van der Waals surface area contributed by atoms with Gasteiger partial charge in [-0.3, -0.25) is 4.79 Å². The zero-order chi connectivity index (χ0) is 22.5. The largest absolute Gasteiger partial charge is 0.465 e. The highest BCUT2D eigenvalue weighted by Gasteiger charge is 2.15. The average Bonchev–Trinajstić information content (AvgIpc) is 3.05. The van der Waals surface area contributed by atoms with Crippen LogP contribution in [0.15, 0.2) is 60.2 Å². The molecule has 1 amide bonds. The highest BCUT2D eigenvalue weighted by Crippen LogP contribution is 2.24. The van der Waals surface area contributed by atoms with E-state index < -0.39 is 11.9 Å². The Bertz CT molecular complexity index is 1210. The minimum Gasteiger partial charge on any atom is -0.465 e. The van der Waals surface area contributed by atoms with E-state index in [4.69, 9.17) is 4.74 Å². The van der Waals surface area contributed by atoms with E-state index in [1.165, 1.54) is 7.11 Å². The number of rotatable bonds is 5.